The van der Waals surface area contributed by atoms with E-state index in [0.29, 0.717) is 27.8 Å². The van der Waals surface area contributed by atoms with Crippen LogP contribution in [0.25, 0.3) is 17.4 Å². The van der Waals surface area contributed by atoms with E-state index in [9.17, 15) is 4.79 Å². The molecule has 2 heterocycles. The highest BCUT2D eigenvalue weighted by Crippen LogP contribution is 2.29. The maximum Gasteiger partial charge on any atom is 0.280 e. The zero-order chi connectivity index (χ0) is 19.0. The van der Waals surface area contributed by atoms with Gasteiger partial charge in [-0.2, -0.15) is 10.1 Å². The molecule has 4 nitrogen and oxygen atoms in total. The van der Waals surface area contributed by atoms with Crippen molar-refractivity contribution in [1.29, 1.82) is 0 Å². The summed E-state index contributed by atoms with van der Waals surface area (Å²) < 4.78 is 5.90. The van der Waals surface area contributed by atoms with E-state index in [0.717, 1.165) is 16.8 Å². The van der Waals surface area contributed by atoms with Crippen molar-refractivity contribution < 1.29 is 9.21 Å². The van der Waals surface area contributed by atoms with Crippen molar-refractivity contribution in [3.63, 3.8) is 0 Å². The molecule has 1 aliphatic heterocycles. The molecule has 0 unspecified atom stereocenters. The van der Waals surface area contributed by atoms with E-state index in [-0.39, 0.29) is 5.91 Å². The summed E-state index contributed by atoms with van der Waals surface area (Å²) >= 11 is 6.20. The number of anilines is 1. The molecular weight excluding hydrogens is 360 g/mol. The molecule has 2 aromatic carbocycles. The molecule has 0 bridgehead atoms. The Balaban J connectivity index is 1.63. The summed E-state index contributed by atoms with van der Waals surface area (Å²) in [5.74, 6) is 1.12. The van der Waals surface area contributed by atoms with Gasteiger partial charge in [0.25, 0.3) is 5.91 Å². The highest BCUT2D eigenvalue weighted by Gasteiger charge is 2.28. The van der Waals surface area contributed by atoms with Crippen LogP contribution in [-0.4, -0.2) is 11.6 Å². The topological polar surface area (TPSA) is 45.8 Å². The van der Waals surface area contributed by atoms with Crippen LogP contribution >= 0.6 is 11.6 Å². The van der Waals surface area contributed by atoms with Crippen LogP contribution in [0.15, 0.2) is 75.8 Å². The van der Waals surface area contributed by atoms with Crippen LogP contribution in [0.4, 0.5) is 5.69 Å². The summed E-state index contributed by atoms with van der Waals surface area (Å²) in [4.78, 5) is 12.8. The number of benzene rings is 2. The van der Waals surface area contributed by atoms with Crippen LogP contribution in [-0.2, 0) is 4.79 Å². The fraction of sp³-hybridized carbons (Fsp3) is 0.0909. The Morgan fingerprint density at radius 1 is 1.04 bits per heavy atom. The largest absolute Gasteiger partial charge is 0.457 e. The lowest BCUT2D eigenvalue weighted by Crippen LogP contribution is -2.21. The van der Waals surface area contributed by atoms with Crippen molar-refractivity contribution in [2.45, 2.75) is 13.8 Å². The molecule has 0 radical (unpaired) electrons. The van der Waals surface area contributed by atoms with E-state index >= 15 is 0 Å². The van der Waals surface area contributed by atoms with Gasteiger partial charge in [-0.15, -0.1) is 0 Å². The normalized spacial score (nSPS) is 15.5. The summed E-state index contributed by atoms with van der Waals surface area (Å²) in [5, 5.41) is 6.48. The van der Waals surface area contributed by atoms with Gasteiger partial charge in [-0.05, 0) is 55.8 Å². The summed E-state index contributed by atoms with van der Waals surface area (Å²) in [6, 6.07) is 18.8. The predicted octanol–water partition coefficient (Wildman–Crippen LogP) is 5.71. The minimum absolute atomic E-state index is 0.171. The minimum Gasteiger partial charge on any atom is -0.457 e. The molecule has 134 valence electrons. The van der Waals surface area contributed by atoms with Gasteiger partial charge in [-0.3, -0.25) is 4.79 Å². The number of hydrazone groups is 1. The van der Waals surface area contributed by atoms with E-state index < -0.39 is 0 Å². The average Bonchev–Trinajstić information content (AvgIpc) is 3.25. The molecule has 5 heteroatoms. The zero-order valence-corrected chi connectivity index (χ0v) is 15.7. The molecule has 0 atom stereocenters. The molecule has 0 saturated carbocycles. The third-order valence-electron chi connectivity index (χ3n) is 4.43. The average molecular weight is 377 g/mol. The van der Waals surface area contributed by atoms with E-state index in [4.69, 9.17) is 16.0 Å². The standard InChI is InChI=1S/C22H17ClN2O2/c1-14-8-9-16(12-20(14)23)21-11-10-18(27-21)13-19-15(2)24-25(22(19)26)17-6-4-3-5-7-17/h3-13H,1-2H3. The predicted molar refractivity (Wildman–Crippen MR) is 109 cm³/mol. The second-order valence-electron chi connectivity index (χ2n) is 6.36. The molecule has 0 N–H and O–H groups in total. The fourth-order valence-electron chi connectivity index (χ4n) is 2.90. The van der Waals surface area contributed by atoms with Gasteiger partial charge >= 0.3 is 0 Å². The monoisotopic (exact) mass is 376 g/mol. The van der Waals surface area contributed by atoms with Gasteiger partial charge in [0.2, 0.25) is 0 Å². The Bertz CT molecular complexity index is 1080. The summed E-state index contributed by atoms with van der Waals surface area (Å²) in [6.07, 6.45) is 1.73. The first-order valence-electron chi connectivity index (χ1n) is 8.56. The number of rotatable bonds is 3. The summed E-state index contributed by atoms with van der Waals surface area (Å²) in [5.41, 5.74) is 3.81. The maximum atomic E-state index is 12.8. The van der Waals surface area contributed by atoms with Crippen molar-refractivity contribution in [3.05, 3.63) is 82.6 Å². The number of aryl methyl sites for hydroxylation is 1. The number of hydrogen-bond donors (Lipinski definition) is 0. The summed E-state index contributed by atoms with van der Waals surface area (Å²) in [7, 11) is 0. The first kappa shape index (κ1) is 17.3. The second-order valence-corrected chi connectivity index (χ2v) is 6.77. The molecule has 3 aromatic rings. The summed E-state index contributed by atoms with van der Waals surface area (Å²) in [6.45, 7) is 3.77. The molecule has 1 aromatic heterocycles. The number of amides is 1. The molecule has 4 rings (SSSR count). The molecule has 27 heavy (non-hydrogen) atoms. The van der Waals surface area contributed by atoms with Crippen molar-refractivity contribution in [1.82, 2.24) is 0 Å². The molecular formula is C22H17ClN2O2. The maximum absolute atomic E-state index is 12.8. The fourth-order valence-corrected chi connectivity index (χ4v) is 3.08. The Hall–Kier alpha value is -3.11. The van der Waals surface area contributed by atoms with Gasteiger partial charge in [-0.25, -0.2) is 0 Å². The first-order valence-corrected chi connectivity index (χ1v) is 8.94. The third kappa shape index (κ3) is 3.32. The molecule has 0 spiro atoms. The van der Waals surface area contributed by atoms with Gasteiger partial charge in [0, 0.05) is 10.6 Å². The van der Waals surface area contributed by atoms with Crippen molar-refractivity contribution in [2.24, 2.45) is 5.10 Å². The number of furan rings is 1. The number of carbonyl (C=O) groups is 1. The number of halogens is 1. The van der Waals surface area contributed by atoms with Crippen molar-refractivity contribution in [2.75, 3.05) is 5.01 Å². The van der Waals surface area contributed by atoms with Crippen molar-refractivity contribution >= 4 is 35.0 Å². The molecule has 0 aliphatic carbocycles. The zero-order valence-electron chi connectivity index (χ0n) is 14.9. The van der Waals surface area contributed by atoms with Crippen molar-refractivity contribution in [3.8, 4) is 11.3 Å². The third-order valence-corrected chi connectivity index (χ3v) is 4.84. The van der Waals surface area contributed by atoms with E-state index in [1.807, 2.05) is 74.5 Å². The van der Waals surface area contributed by atoms with E-state index in [1.54, 1.807) is 6.08 Å². The van der Waals surface area contributed by atoms with Gasteiger partial charge in [0.15, 0.2) is 0 Å². The van der Waals surface area contributed by atoms with Gasteiger partial charge in [0.1, 0.15) is 11.5 Å². The highest BCUT2D eigenvalue weighted by molar-refractivity contribution is 6.32. The molecule has 1 aliphatic rings. The van der Waals surface area contributed by atoms with E-state index in [2.05, 4.69) is 5.10 Å². The van der Waals surface area contributed by atoms with Crippen LogP contribution in [0.5, 0.6) is 0 Å². The first-order chi connectivity index (χ1) is 13.0. The molecule has 0 fully saturated rings. The Morgan fingerprint density at radius 3 is 2.56 bits per heavy atom. The molecule has 1 amide bonds. The minimum atomic E-state index is -0.171. The van der Waals surface area contributed by atoms with Gasteiger partial charge in [0.05, 0.1) is 17.0 Å². The SMILES string of the molecule is CC1=NN(c2ccccc2)C(=O)C1=Cc1ccc(-c2ccc(C)c(Cl)c2)o1. The van der Waals surface area contributed by atoms with Crippen LogP contribution in [0.3, 0.4) is 0 Å². The number of hydrogen-bond acceptors (Lipinski definition) is 3. The van der Waals surface area contributed by atoms with E-state index in [1.165, 1.54) is 5.01 Å². The van der Waals surface area contributed by atoms with Gasteiger partial charge in [-0.1, -0.05) is 41.9 Å². The Labute approximate surface area is 162 Å². The number of para-hydroxylation sites is 1. The van der Waals surface area contributed by atoms with Crippen LogP contribution in [0, 0.1) is 6.92 Å². The van der Waals surface area contributed by atoms with Crippen LogP contribution < -0.4 is 5.01 Å². The lowest BCUT2D eigenvalue weighted by molar-refractivity contribution is -0.114. The smallest absolute Gasteiger partial charge is 0.280 e. The lowest BCUT2D eigenvalue weighted by Gasteiger charge is -2.10. The Kier molecular flexibility index (Phi) is 4.42. The van der Waals surface area contributed by atoms with Crippen LogP contribution in [0.2, 0.25) is 5.02 Å². The quantitative estimate of drug-likeness (QED) is 0.549. The lowest BCUT2D eigenvalue weighted by atomic mass is 10.1. The number of carbonyl (C=O) groups excluding carboxylic acids is 1. The molecule has 0 saturated heterocycles. The second kappa shape index (κ2) is 6.89. The Morgan fingerprint density at radius 2 is 1.81 bits per heavy atom. The van der Waals surface area contributed by atoms with Gasteiger partial charge < -0.3 is 4.42 Å². The number of nitrogens with zero attached hydrogens (tertiary/aromatic N) is 2. The highest BCUT2D eigenvalue weighted by atomic mass is 35.5. The van der Waals surface area contributed by atoms with Crippen LogP contribution in [0.1, 0.15) is 18.2 Å².